The molecule has 0 spiro atoms. The lowest BCUT2D eigenvalue weighted by Crippen LogP contribution is -2.13. The molecule has 1 amide bonds. The molecule has 3 rings (SSSR count). The summed E-state index contributed by atoms with van der Waals surface area (Å²) < 4.78 is 4.96. The first-order chi connectivity index (χ1) is 9.26. The first kappa shape index (κ1) is 12.2. The summed E-state index contributed by atoms with van der Waals surface area (Å²) >= 11 is 5.62. The van der Waals surface area contributed by atoms with Gasteiger partial charge in [0, 0.05) is 17.2 Å². The second-order valence-corrected chi connectivity index (χ2v) is 4.76. The lowest BCUT2D eigenvalue weighted by Gasteiger charge is -2.04. The number of alkyl halides is 1. The van der Waals surface area contributed by atoms with Gasteiger partial charge in [-0.2, -0.15) is 4.98 Å². The van der Waals surface area contributed by atoms with Crippen molar-refractivity contribution in [3.05, 3.63) is 30.2 Å². The van der Waals surface area contributed by atoms with Crippen LogP contribution in [0, 0.1) is 5.92 Å². The Morgan fingerprint density at radius 2 is 2.32 bits per heavy atom. The molecule has 1 aromatic heterocycles. The van der Waals surface area contributed by atoms with Crippen LogP contribution in [0.3, 0.4) is 0 Å². The maximum Gasteiger partial charge on any atom is 0.241 e. The number of amides is 1. The zero-order valence-electron chi connectivity index (χ0n) is 10.1. The SMILES string of the molecule is O=C(Nc1cccc(-c2noc(CCl)n2)c1)C1CC1. The summed E-state index contributed by atoms with van der Waals surface area (Å²) in [6.07, 6.45) is 1.96. The minimum atomic E-state index is 0.0757. The highest BCUT2D eigenvalue weighted by Gasteiger charge is 2.29. The van der Waals surface area contributed by atoms with Crippen LogP contribution in [-0.2, 0) is 10.7 Å². The summed E-state index contributed by atoms with van der Waals surface area (Å²) in [5, 5.41) is 6.73. The molecule has 1 fully saturated rings. The van der Waals surface area contributed by atoms with Gasteiger partial charge in [0.25, 0.3) is 0 Å². The van der Waals surface area contributed by atoms with E-state index in [2.05, 4.69) is 15.5 Å². The summed E-state index contributed by atoms with van der Waals surface area (Å²) in [4.78, 5) is 15.8. The van der Waals surface area contributed by atoms with Crippen LogP contribution in [0.25, 0.3) is 11.4 Å². The summed E-state index contributed by atoms with van der Waals surface area (Å²) in [7, 11) is 0. The molecule has 1 aliphatic carbocycles. The summed E-state index contributed by atoms with van der Waals surface area (Å²) in [6.45, 7) is 0. The molecular formula is C13H12ClN3O2. The Kier molecular flexibility index (Phi) is 3.21. The fraction of sp³-hybridized carbons (Fsp3) is 0.308. The highest BCUT2D eigenvalue weighted by molar-refractivity contribution is 6.16. The minimum Gasteiger partial charge on any atom is -0.338 e. The number of halogens is 1. The van der Waals surface area contributed by atoms with Crippen molar-refractivity contribution < 1.29 is 9.32 Å². The van der Waals surface area contributed by atoms with E-state index < -0.39 is 0 Å². The molecule has 1 saturated carbocycles. The van der Waals surface area contributed by atoms with Crippen LogP contribution in [0.1, 0.15) is 18.7 Å². The zero-order valence-corrected chi connectivity index (χ0v) is 10.9. The van der Waals surface area contributed by atoms with Gasteiger partial charge in [0.15, 0.2) is 0 Å². The van der Waals surface area contributed by atoms with Crippen molar-refractivity contribution in [3.63, 3.8) is 0 Å². The van der Waals surface area contributed by atoms with E-state index in [0.29, 0.717) is 11.7 Å². The van der Waals surface area contributed by atoms with Crippen LogP contribution in [0.15, 0.2) is 28.8 Å². The number of nitrogens with one attached hydrogen (secondary N) is 1. The topological polar surface area (TPSA) is 68.0 Å². The molecular weight excluding hydrogens is 266 g/mol. The zero-order chi connectivity index (χ0) is 13.2. The fourth-order valence-electron chi connectivity index (χ4n) is 1.75. The van der Waals surface area contributed by atoms with E-state index in [1.807, 2.05) is 24.3 Å². The lowest BCUT2D eigenvalue weighted by atomic mass is 10.2. The molecule has 1 N–H and O–H groups in total. The second kappa shape index (κ2) is 5.01. The lowest BCUT2D eigenvalue weighted by molar-refractivity contribution is -0.117. The number of benzene rings is 1. The van der Waals surface area contributed by atoms with E-state index in [9.17, 15) is 4.79 Å². The fourth-order valence-corrected chi connectivity index (χ4v) is 1.86. The molecule has 0 saturated heterocycles. The maximum atomic E-state index is 11.7. The normalized spacial score (nSPS) is 14.4. The quantitative estimate of drug-likeness (QED) is 0.873. The molecule has 1 heterocycles. The van der Waals surface area contributed by atoms with Crippen LogP contribution in [0.4, 0.5) is 5.69 Å². The number of anilines is 1. The van der Waals surface area contributed by atoms with Crippen molar-refractivity contribution >= 4 is 23.2 Å². The van der Waals surface area contributed by atoms with Crippen molar-refractivity contribution in [2.24, 2.45) is 5.92 Å². The molecule has 0 aliphatic heterocycles. The van der Waals surface area contributed by atoms with Gasteiger partial charge in [0.2, 0.25) is 17.6 Å². The Bertz CT molecular complexity index is 607. The average molecular weight is 278 g/mol. The van der Waals surface area contributed by atoms with Crippen LogP contribution >= 0.6 is 11.6 Å². The first-order valence-electron chi connectivity index (χ1n) is 6.06. The Labute approximate surface area is 115 Å². The van der Waals surface area contributed by atoms with Gasteiger partial charge in [0.1, 0.15) is 5.88 Å². The third-order valence-corrected chi connectivity index (χ3v) is 3.15. The van der Waals surface area contributed by atoms with Crippen molar-refractivity contribution in [1.82, 2.24) is 10.1 Å². The van der Waals surface area contributed by atoms with E-state index >= 15 is 0 Å². The van der Waals surface area contributed by atoms with Crippen LogP contribution in [0.5, 0.6) is 0 Å². The Balaban J connectivity index is 1.80. The van der Waals surface area contributed by atoms with Crippen molar-refractivity contribution in [1.29, 1.82) is 0 Å². The van der Waals surface area contributed by atoms with Crippen LogP contribution in [0.2, 0.25) is 0 Å². The maximum absolute atomic E-state index is 11.7. The number of hydrogen-bond acceptors (Lipinski definition) is 4. The molecule has 1 aromatic carbocycles. The van der Waals surface area contributed by atoms with Gasteiger partial charge >= 0.3 is 0 Å². The third kappa shape index (κ3) is 2.76. The van der Waals surface area contributed by atoms with E-state index in [-0.39, 0.29) is 17.7 Å². The molecule has 6 heteroatoms. The number of hydrogen-bond donors (Lipinski definition) is 1. The predicted molar refractivity (Wildman–Crippen MR) is 70.6 cm³/mol. The van der Waals surface area contributed by atoms with E-state index in [4.69, 9.17) is 16.1 Å². The Hall–Kier alpha value is -1.88. The van der Waals surface area contributed by atoms with E-state index in [1.165, 1.54) is 0 Å². The van der Waals surface area contributed by atoms with Crippen molar-refractivity contribution in [2.75, 3.05) is 5.32 Å². The van der Waals surface area contributed by atoms with E-state index in [1.54, 1.807) is 0 Å². The Morgan fingerprint density at radius 3 is 3.00 bits per heavy atom. The van der Waals surface area contributed by atoms with Gasteiger partial charge in [-0.25, -0.2) is 0 Å². The highest BCUT2D eigenvalue weighted by atomic mass is 35.5. The number of aromatic nitrogens is 2. The summed E-state index contributed by atoms with van der Waals surface area (Å²) in [5.74, 6) is 1.29. The number of nitrogens with zero attached hydrogens (tertiary/aromatic N) is 2. The van der Waals surface area contributed by atoms with Gasteiger partial charge in [-0.05, 0) is 25.0 Å². The largest absolute Gasteiger partial charge is 0.338 e. The monoisotopic (exact) mass is 277 g/mol. The molecule has 0 radical (unpaired) electrons. The Morgan fingerprint density at radius 1 is 1.47 bits per heavy atom. The average Bonchev–Trinajstić information content (AvgIpc) is 3.17. The van der Waals surface area contributed by atoms with Gasteiger partial charge in [0.05, 0.1) is 0 Å². The molecule has 98 valence electrons. The third-order valence-electron chi connectivity index (χ3n) is 2.92. The van der Waals surface area contributed by atoms with Gasteiger partial charge in [-0.3, -0.25) is 4.79 Å². The van der Waals surface area contributed by atoms with Crippen molar-refractivity contribution in [3.8, 4) is 11.4 Å². The van der Waals surface area contributed by atoms with Gasteiger partial charge < -0.3 is 9.84 Å². The standard InChI is InChI=1S/C13H12ClN3O2/c14-7-11-16-12(17-19-11)9-2-1-3-10(6-9)15-13(18)8-4-5-8/h1-3,6,8H,4-5,7H2,(H,15,18). The first-order valence-corrected chi connectivity index (χ1v) is 6.59. The molecule has 1 aliphatic rings. The smallest absolute Gasteiger partial charge is 0.241 e. The number of carbonyl (C=O) groups is 1. The molecule has 0 unspecified atom stereocenters. The number of carbonyl (C=O) groups excluding carboxylic acids is 1. The molecule has 19 heavy (non-hydrogen) atoms. The molecule has 0 atom stereocenters. The highest BCUT2D eigenvalue weighted by Crippen LogP contribution is 2.30. The molecule has 0 bridgehead atoms. The van der Waals surface area contributed by atoms with Gasteiger partial charge in [-0.1, -0.05) is 17.3 Å². The van der Waals surface area contributed by atoms with Gasteiger partial charge in [-0.15, -0.1) is 11.6 Å². The van der Waals surface area contributed by atoms with Crippen LogP contribution < -0.4 is 5.32 Å². The minimum absolute atomic E-state index is 0.0757. The summed E-state index contributed by atoms with van der Waals surface area (Å²) in [6, 6.07) is 7.36. The van der Waals surface area contributed by atoms with Crippen molar-refractivity contribution in [2.45, 2.75) is 18.7 Å². The summed E-state index contributed by atoms with van der Waals surface area (Å²) in [5.41, 5.74) is 1.53. The second-order valence-electron chi connectivity index (χ2n) is 4.49. The molecule has 5 nitrogen and oxygen atoms in total. The molecule has 2 aromatic rings. The number of rotatable bonds is 4. The van der Waals surface area contributed by atoms with Crippen LogP contribution in [-0.4, -0.2) is 16.0 Å². The van der Waals surface area contributed by atoms with E-state index in [0.717, 1.165) is 24.1 Å². The predicted octanol–water partition coefficient (Wildman–Crippen LogP) is 2.82.